The van der Waals surface area contributed by atoms with Gasteiger partial charge in [0.1, 0.15) is 18.2 Å². The van der Waals surface area contributed by atoms with E-state index in [0.29, 0.717) is 29.9 Å². The Morgan fingerprint density at radius 3 is 2.37 bits per heavy atom. The molecule has 8 nitrogen and oxygen atoms in total. The Labute approximate surface area is 204 Å². The van der Waals surface area contributed by atoms with E-state index in [2.05, 4.69) is 20.3 Å². The molecule has 2 fully saturated rings. The van der Waals surface area contributed by atoms with Gasteiger partial charge in [-0.3, -0.25) is 14.5 Å². The zero-order valence-electron chi connectivity index (χ0n) is 18.5. The SMILES string of the molecule is O=C(NC1CC2(C1)CC(F)(F)C2)C(c1cncnc1)N(C(=O)CCl)c1ccc(-c2cnco2)cc1. The highest BCUT2D eigenvalue weighted by molar-refractivity contribution is 6.29. The Balaban J connectivity index is 1.41. The van der Waals surface area contributed by atoms with Gasteiger partial charge in [-0.1, -0.05) is 0 Å². The highest BCUT2D eigenvalue weighted by Gasteiger charge is 2.62. The van der Waals surface area contributed by atoms with Gasteiger partial charge in [0.25, 0.3) is 0 Å². The Bertz CT molecular complexity index is 1190. The minimum absolute atomic E-state index is 0.142. The Kier molecular flexibility index (Phi) is 6.00. The van der Waals surface area contributed by atoms with E-state index >= 15 is 0 Å². The van der Waals surface area contributed by atoms with Gasteiger partial charge in [0.15, 0.2) is 12.2 Å². The summed E-state index contributed by atoms with van der Waals surface area (Å²) in [5, 5.41) is 2.93. The van der Waals surface area contributed by atoms with Crippen LogP contribution in [0.15, 0.2) is 60.0 Å². The molecule has 2 aromatic heterocycles. The number of carbonyl (C=O) groups excluding carboxylic acids is 2. The number of nitrogens with one attached hydrogen (secondary N) is 1. The quantitative estimate of drug-likeness (QED) is 0.488. The predicted octanol–water partition coefficient (Wildman–Crippen LogP) is 4.14. The molecule has 2 saturated carbocycles. The number of halogens is 3. The highest BCUT2D eigenvalue weighted by Crippen LogP contribution is 2.62. The minimum Gasteiger partial charge on any atom is -0.444 e. The largest absolute Gasteiger partial charge is 0.444 e. The van der Waals surface area contributed by atoms with Gasteiger partial charge in [-0.05, 0) is 42.5 Å². The van der Waals surface area contributed by atoms with Gasteiger partial charge in [-0.15, -0.1) is 11.6 Å². The van der Waals surface area contributed by atoms with Crippen molar-refractivity contribution in [1.82, 2.24) is 20.3 Å². The van der Waals surface area contributed by atoms with Crippen LogP contribution in [0.1, 0.15) is 37.3 Å². The molecule has 3 aromatic rings. The monoisotopic (exact) mass is 501 g/mol. The molecule has 182 valence electrons. The number of aromatic nitrogens is 3. The van der Waals surface area contributed by atoms with Crippen molar-refractivity contribution < 1.29 is 22.8 Å². The first-order valence-electron chi connectivity index (χ1n) is 11.1. The highest BCUT2D eigenvalue weighted by atomic mass is 35.5. The number of oxazole rings is 1. The standard InChI is InChI=1S/C24H22ClF2N5O3/c25-7-20(33)32(18-3-1-15(2-4-18)19-10-30-14-35-19)21(16-8-28-13-29-9-16)22(34)31-17-5-23(6-17)11-24(26,27)12-23/h1-4,8-10,13-14,17,21H,5-7,11-12H2,(H,31,34). The van der Waals surface area contributed by atoms with Crippen LogP contribution >= 0.6 is 11.6 Å². The van der Waals surface area contributed by atoms with Crippen molar-refractivity contribution in [2.45, 2.75) is 43.7 Å². The molecule has 2 amide bonds. The zero-order valence-corrected chi connectivity index (χ0v) is 19.3. The summed E-state index contributed by atoms with van der Waals surface area (Å²) >= 11 is 5.93. The summed E-state index contributed by atoms with van der Waals surface area (Å²) in [4.78, 5) is 39.7. The first kappa shape index (κ1) is 23.3. The third kappa shape index (κ3) is 4.62. The van der Waals surface area contributed by atoms with Crippen LogP contribution in [0.5, 0.6) is 0 Å². The number of rotatable bonds is 7. The fourth-order valence-electron chi connectivity index (χ4n) is 5.22. The fraction of sp³-hybridized carbons (Fsp3) is 0.375. The number of hydrogen-bond acceptors (Lipinski definition) is 6. The number of hydrogen-bond donors (Lipinski definition) is 1. The molecule has 1 unspecified atom stereocenters. The lowest BCUT2D eigenvalue weighted by Gasteiger charge is -2.57. The van der Waals surface area contributed by atoms with E-state index in [1.165, 1.54) is 30.0 Å². The molecule has 1 N–H and O–H groups in total. The first-order valence-corrected chi connectivity index (χ1v) is 11.6. The van der Waals surface area contributed by atoms with Gasteiger partial charge in [0.2, 0.25) is 17.7 Å². The Morgan fingerprint density at radius 2 is 1.80 bits per heavy atom. The van der Waals surface area contributed by atoms with Crippen LogP contribution in [0.3, 0.4) is 0 Å². The van der Waals surface area contributed by atoms with E-state index in [0.717, 1.165) is 5.56 Å². The second kappa shape index (κ2) is 8.99. The Hall–Kier alpha value is -3.40. The molecule has 0 bridgehead atoms. The number of benzene rings is 1. The van der Waals surface area contributed by atoms with Crippen molar-refractivity contribution in [1.29, 1.82) is 0 Å². The van der Waals surface area contributed by atoms with Crippen LogP contribution in [-0.2, 0) is 9.59 Å². The summed E-state index contributed by atoms with van der Waals surface area (Å²) in [5.41, 5.74) is 1.18. The molecule has 1 aromatic carbocycles. The van der Waals surface area contributed by atoms with Crippen LogP contribution in [0, 0.1) is 5.41 Å². The number of amides is 2. The van der Waals surface area contributed by atoms with Crippen molar-refractivity contribution >= 4 is 29.1 Å². The number of nitrogens with zero attached hydrogens (tertiary/aromatic N) is 4. The molecule has 11 heteroatoms. The van der Waals surface area contributed by atoms with Gasteiger partial charge >= 0.3 is 0 Å². The van der Waals surface area contributed by atoms with Crippen molar-refractivity contribution in [3.63, 3.8) is 0 Å². The normalized spacial score (nSPS) is 18.8. The molecule has 1 atom stereocenters. The molecule has 0 aliphatic heterocycles. The van der Waals surface area contributed by atoms with Crippen LogP contribution < -0.4 is 10.2 Å². The van der Waals surface area contributed by atoms with E-state index in [4.69, 9.17) is 16.0 Å². The van der Waals surface area contributed by atoms with Crippen molar-refractivity contribution in [3.8, 4) is 11.3 Å². The van der Waals surface area contributed by atoms with Crippen LogP contribution in [0.25, 0.3) is 11.3 Å². The topological polar surface area (TPSA) is 101 Å². The molecular formula is C24H22ClF2N5O3. The molecule has 35 heavy (non-hydrogen) atoms. The molecule has 0 saturated heterocycles. The van der Waals surface area contributed by atoms with Gasteiger partial charge < -0.3 is 9.73 Å². The maximum Gasteiger partial charge on any atom is 0.249 e. The zero-order chi connectivity index (χ0) is 24.6. The predicted molar refractivity (Wildman–Crippen MR) is 123 cm³/mol. The van der Waals surface area contributed by atoms with E-state index in [-0.39, 0.29) is 24.8 Å². The van der Waals surface area contributed by atoms with Gasteiger partial charge in [0, 0.05) is 48.1 Å². The van der Waals surface area contributed by atoms with Crippen LogP contribution in [0.2, 0.25) is 0 Å². The maximum atomic E-state index is 13.5. The molecular weight excluding hydrogens is 480 g/mol. The molecule has 0 radical (unpaired) electrons. The molecule has 2 aliphatic carbocycles. The molecule has 2 heterocycles. The molecule has 5 rings (SSSR count). The average Bonchev–Trinajstić information content (AvgIpc) is 3.35. The molecule has 1 spiro atoms. The summed E-state index contributed by atoms with van der Waals surface area (Å²) in [6, 6.07) is 5.51. The number of carbonyl (C=O) groups is 2. The van der Waals surface area contributed by atoms with Crippen LogP contribution in [-0.4, -0.2) is 44.6 Å². The van der Waals surface area contributed by atoms with Crippen molar-refractivity contribution in [2.24, 2.45) is 5.41 Å². The van der Waals surface area contributed by atoms with Crippen molar-refractivity contribution in [2.75, 3.05) is 10.8 Å². The minimum atomic E-state index is -2.61. The van der Waals surface area contributed by atoms with Crippen molar-refractivity contribution in [3.05, 3.63) is 61.1 Å². The summed E-state index contributed by atoms with van der Waals surface area (Å²) in [5.74, 6) is -3.36. The lowest BCUT2D eigenvalue weighted by molar-refractivity contribution is -0.198. The summed E-state index contributed by atoms with van der Waals surface area (Å²) < 4.78 is 32.0. The first-order chi connectivity index (χ1) is 16.8. The summed E-state index contributed by atoms with van der Waals surface area (Å²) in [7, 11) is 0. The lowest BCUT2D eigenvalue weighted by atomic mass is 9.52. The smallest absolute Gasteiger partial charge is 0.249 e. The van der Waals surface area contributed by atoms with Crippen LogP contribution in [0.4, 0.5) is 14.5 Å². The summed E-state index contributed by atoms with van der Waals surface area (Å²) in [6.07, 6.45) is 7.82. The van der Waals surface area contributed by atoms with E-state index < -0.39 is 29.2 Å². The third-order valence-corrected chi connectivity index (χ3v) is 6.85. The van der Waals surface area contributed by atoms with Gasteiger partial charge in [-0.2, -0.15) is 0 Å². The van der Waals surface area contributed by atoms with E-state index in [1.54, 1.807) is 30.5 Å². The van der Waals surface area contributed by atoms with E-state index in [1.807, 2.05) is 0 Å². The summed E-state index contributed by atoms with van der Waals surface area (Å²) in [6.45, 7) is 0. The lowest BCUT2D eigenvalue weighted by Crippen LogP contribution is -2.61. The maximum absolute atomic E-state index is 13.5. The van der Waals surface area contributed by atoms with Gasteiger partial charge in [0.05, 0.1) is 6.20 Å². The Morgan fingerprint density at radius 1 is 1.11 bits per heavy atom. The van der Waals surface area contributed by atoms with Gasteiger partial charge in [-0.25, -0.2) is 23.7 Å². The second-order valence-electron chi connectivity index (χ2n) is 9.21. The number of anilines is 1. The number of alkyl halides is 3. The fourth-order valence-corrected chi connectivity index (χ4v) is 5.35. The third-order valence-electron chi connectivity index (χ3n) is 6.62. The second-order valence-corrected chi connectivity index (χ2v) is 9.47. The van der Waals surface area contributed by atoms with E-state index in [9.17, 15) is 18.4 Å². The average molecular weight is 502 g/mol. The molecule has 2 aliphatic rings.